The Balaban J connectivity index is 2.05. The fourth-order valence-corrected chi connectivity index (χ4v) is 2.46. The van der Waals surface area contributed by atoms with Gasteiger partial charge in [-0.2, -0.15) is 0 Å². The third kappa shape index (κ3) is 2.87. The number of aliphatic hydroxyl groups excluding tert-OH is 1. The van der Waals surface area contributed by atoms with Crippen molar-refractivity contribution in [3.63, 3.8) is 0 Å². The number of carbonyl (C=O) groups excluding carboxylic acids is 1. The highest BCUT2D eigenvalue weighted by atomic mass is 19.1. The van der Waals surface area contributed by atoms with Crippen molar-refractivity contribution in [2.45, 2.75) is 38.3 Å². The van der Waals surface area contributed by atoms with Gasteiger partial charge in [0.2, 0.25) is 0 Å². The number of benzene rings is 1. The molecule has 1 saturated carbocycles. The van der Waals surface area contributed by atoms with Crippen LogP contribution in [0.2, 0.25) is 0 Å². The molecule has 1 aliphatic rings. The SMILES string of the molecule is CCC(NC(=O)c1cccc(F)c1O)C1CC(O)C1. The van der Waals surface area contributed by atoms with Crippen LogP contribution in [0.3, 0.4) is 0 Å². The van der Waals surface area contributed by atoms with Crippen LogP contribution in [0.4, 0.5) is 4.39 Å². The van der Waals surface area contributed by atoms with E-state index in [0.29, 0.717) is 12.8 Å². The highest BCUT2D eigenvalue weighted by molar-refractivity contribution is 5.97. The highest BCUT2D eigenvalue weighted by Crippen LogP contribution is 2.32. The Morgan fingerprint density at radius 1 is 1.53 bits per heavy atom. The van der Waals surface area contributed by atoms with Crippen LogP contribution in [0.15, 0.2) is 18.2 Å². The Bertz CT molecular complexity index is 472. The normalized spacial score (nSPS) is 23.5. The molecule has 1 aliphatic carbocycles. The van der Waals surface area contributed by atoms with Gasteiger partial charge in [0.1, 0.15) is 0 Å². The predicted octanol–water partition coefficient (Wildman–Crippen LogP) is 1.81. The van der Waals surface area contributed by atoms with Crippen molar-refractivity contribution in [3.8, 4) is 5.75 Å². The van der Waals surface area contributed by atoms with Crippen molar-refractivity contribution in [1.82, 2.24) is 5.32 Å². The first-order chi connectivity index (χ1) is 9.02. The number of phenols is 1. The fraction of sp³-hybridized carbons (Fsp3) is 0.500. The van der Waals surface area contributed by atoms with Crippen molar-refractivity contribution in [1.29, 1.82) is 0 Å². The molecule has 104 valence electrons. The third-order valence-electron chi connectivity index (χ3n) is 3.71. The Hall–Kier alpha value is -1.62. The standard InChI is InChI=1S/C14H18FNO3/c1-2-12(8-6-9(17)7-8)16-14(19)10-4-3-5-11(15)13(10)18/h3-5,8-9,12,17-18H,2,6-7H2,1H3,(H,16,19). The number of aliphatic hydroxyl groups is 1. The highest BCUT2D eigenvalue weighted by Gasteiger charge is 2.34. The van der Waals surface area contributed by atoms with Crippen LogP contribution in [0, 0.1) is 11.7 Å². The molecule has 1 atom stereocenters. The summed E-state index contributed by atoms with van der Waals surface area (Å²) in [5.41, 5.74) is -0.0571. The molecule has 0 saturated heterocycles. The molecular weight excluding hydrogens is 249 g/mol. The van der Waals surface area contributed by atoms with Crippen LogP contribution >= 0.6 is 0 Å². The summed E-state index contributed by atoms with van der Waals surface area (Å²) in [4.78, 5) is 12.0. The van der Waals surface area contributed by atoms with E-state index in [0.717, 1.165) is 12.5 Å². The van der Waals surface area contributed by atoms with Gasteiger partial charge in [0.05, 0.1) is 11.7 Å². The molecular formula is C14H18FNO3. The molecule has 0 aromatic heterocycles. The second kappa shape index (κ2) is 5.57. The molecule has 0 aliphatic heterocycles. The summed E-state index contributed by atoms with van der Waals surface area (Å²) in [6.07, 6.45) is 1.81. The van der Waals surface area contributed by atoms with Gasteiger partial charge in [-0.25, -0.2) is 4.39 Å². The summed E-state index contributed by atoms with van der Waals surface area (Å²) in [7, 11) is 0. The molecule has 1 fully saturated rings. The van der Waals surface area contributed by atoms with E-state index in [4.69, 9.17) is 0 Å². The summed E-state index contributed by atoms with van der Waals surface area (Å²) in [5.74, 6) is -1.66. The zero-order valence-electron chi connectivity index (χ0n) is 10.8. The first-order valence-corrected chi connectivity index (χ1v) is 6.49. The minimum atomic E-state index is -0.806. The van der Waals surface area contributed by atoms with E-state index in [1.165, 1.54) is 12.1 Å². The van der Waals surface area contributed by atoms with Gasteiger partial charge in [0.25, 0.3) is 5.91 Å². The minimum Gasteiger partial charge on any atom is -0.504 e. The van der Waals surface area contributed by atoms with Gasteiger partial charge in [-0.05, 0) is 37.3 Å². The molecule has 1 unspecified atom stereocenters. The van der Waals surface area contributed by atoms with E-state index >= 15 is 0 Å². The maximum atomic E-state index is 13.2. The second-order valence-corrected chi connectivity index (χ2v) is 5.01. The zero-order valence-corrected chi connectivity index (χ0v) is 10.8. The van der Waals surface area contributed by atoms with Gasteiger partial charge >= 0.3 is 0 Å². The smallest absolute Gasteiger partial charge is 0.255 e. The number of hydrogen-bond donors (Lipinski definition) is 3. The van der Waals surface area contributed by atoms with E-state index in [9.17, 15) is 19.4 Å². The van der Waals surface area contributed by atoms with Crippen molar-refractivity contribution in [2.24, 2.45) is 5.92 Å². The Morgan fingerprint density at radius 2 is 2.21 bits per heavy atom. The second-order valence-electron chi connectivity index (χ2n) is 5.01. The van der Waals surface area contributed by atoms with Gasteiger partial charge in [-0.15, -0.1) is 0 Å². The molecule has 0 bridgehead atoms. The topological polar surface area (TPSA) is 69.6 Å². The predicted molar refractivity (Wildman–Crippen MR) is 68.3 cm³/mol. The van der Waals surface area contributed by atoms with Crippen LogP contribution in [0.25, 0.3) is 0 Å². The number of carbonyl (C=O) groups is 1. The molecule has 1 amide bonds. The largest absolute Gasteiger partial charge is 0.504 e. The van der Waals surface area contributed by atoms with Crippen molar-refractivity contribution < 1.29 is 19.4 Å². The molecule has 0 spiro atoms. The molecule has 2 rings (SSSR count). The van der Waals surface area contributed by atoms with Crippen LogP contribution in [0.1, 0.15) is 36.5 Å². The number of halogens is 1. The third-order valence-corrected chi connectivity index (χ3v) is 3.71. The Kier molecular flexibility index (Phi) is 4.04. The van der Waals surface area contributed by atoms with Crippen molar-refractivity contribution in [3.05, 3.63) is 29.6 Å². The lowest BCUT2D eigenvalue weighted by molar-refractivity contribution is 0.0232. The molecule has 5 heteroatoms. The van der Waals surface area contributed by atoms with Gasteiger partial charge in [-0.3, -0.25) is 4.79 Å². The first-order valence-electron chi connectivity index (χ1n) is 6.49. The maximum Gasteiger partial charge on any atom is 0.255 e. The first kappa shape index (κ1) is 13.8. The van der Waals surface area contributed by atoms with Crippen LogP contribution in [-0.2, 0) is 0 Å². The van der Waals surface area contributed by atoms with Gasteiger partial charge in [0, 0.05) is 6.04 Å². The zero-order chi connectivity index (χ0) is 14.0. The lowest BCUT2D eigenvalue weighted by Crippen LogP contribution is -2.46. The maximum absolute atomic E-state index is 13.2. The van der Waals surface area contributed by atoms with Gasteiger partial charge in [0.15, 0.2) is 11.6 Å². The lowest BCUT2D eigenvalue weighted by Gasteiger charge is -2.37. The average molecular weight is 267 g/mol. The molecule has 1 aromatic carbocycles. The number of para-hydroxylation sites is 1. The van der Waals surface area contributed by atoms with E-state index in [1.807, 2.05) is 6.92 Å². The van der Waals surface area contributed by atoms with E-state index in [1.54, 1.807) is 0 Å². The van der Waals surface area contributed by atoms with Crippen LogP contribution in [0.5, 0.6) is 5.75 Å². The van der Waals surface area contributed by atoms with E-state index in [2.05, 4.69) is 5.32 Å². The Labute approximate surface area is 111 Å². The molecule has 3 N–H and O–H groups in total. The number of aromatic hydroxyl groups is 1. The number of hydrogen-bond acceptors (Lipinski definition) is 3. The summed E-state index contributed by atoms with van der Waals surface area (Å²) in [5, 5.41) is 21.6. The van der Waals surface area contributed by atoms with E-state index in [-0.39, 0.29) is 23.6 Å². The van der Waals surface area contributed by atoms with Crippen LogP contribution in [-0.4, -0.2) is 28.3 Å². The molecule has 1 aromatic rings. The van der Waals surface area contributed by atoms with Gasteiger partial charge < -0.3 is 15.5 Å². The minimum absolute atomic E-state index is 0.0569. The molecule has 4 nitrogen and oxygen atoms in total. The molecule has 0 radical (unpaired) electrons. The molecule has 19 heavy (non-hydrogen) atoms. The Morgan fingerprint density at radius 3 is 2.79 bits per heavy atom. The van der Waals surface area contributed by atoms with E-state index < -0.39 is 17.5 Å². The van der Waals surface area contributed by atoms with Crippen LogP contribution < -0.4 is 5.32 Å². The summed E-state index contributed by atoms with van der Waals surface area (Å²) < 4.78 is 13.2. The fourth-order valence-electron chi connectivity index (χ4n) is 2.46. The van der Waals surface area contributed by atoms with Crippen molar-refractivity contribution >= 4 is 5.91 Å². The number of rotatable bonds is 4. The molecule has 0 heterocycles. The van der Waals surface area contributed by atoms with Crippen molar-refractivity contribution in [2.75, 3.05) is 0 Å². The van der Waals surface area contributed by atoms with Gasteiger partial charge in [-0.1, -0.05) is 13.0 Å². The summed E-state index contributed by atoms with van der Waals surface area (Å²) in [6.45, 7) is 1.95. The monoisotopic (exact) mass is 267 g/mol. The number of phenolic OH excluding ortho intramolecular Hbond substituents is 1. The summed E-state index contributed by atoms with van der Waals surface area (Å²) >= 11 is 0. The number of nitrogens with one attached hydrogen (secondary N) is 1. The number of amides is 1. The average Bonchev–Trinajstić information content (AvgIpc) is 2.35. The quantitative estimate of drug-likeness (QED) is 0.779. The summed E-state index contributed by atoms with van der Waals surface area (Å²) in [6, 6.07) is 3.82. The lowest BCUT2D eigenvalue weighted by atomic mass is 9.76.